The summed E-state index contributed by atoms with van der Waals surface area (Å²) in [6.07, 6.45) is -0.276. The predicted octanol–water partition coefficient (Wildman–Crippen LogP) is 2.11. The molecule has 1 aliphatic carbocycles. The Morgan fingerprint density at radius 1 is 1.03 bits per heavy atom. The first-order valence-corrected chi connectivity index (χ1v) is 10.1. The lowest BCUT2D eigenvalue weighted by atomic mass is 9.98. The second-order valence-corrected chi connectivity index (χ2v) is 7.52. The van der Waals surface area contributed by atoms with Crippen molar-refractivity contribution < 1.29 is 29.3 Å². The van der Waals surface area contributed by atoms with Gasteiger partial charge in [-0.3, -0.25) is 4.79 Å². The summed E-state index contributed by atoms with van der Waals surface area (Å²) in [6.45, 7) is 1.33. The highest BCUT2D eigenvalue weighted by molar-refractivity contribution is 5.85. The number of fused-ring (bicyclic) bond motifs is 3. The van der Waals surface area contributed by atoms with Gasteiger partial charge in [0.2, 0.25) is 5.91 Å². The molecule has 0 heterocycles. The fourth-order valence-electron chi connectivity index (χ4n) is 3.67. The SMILES string of the molecule is CC(CCNC(=O)OCC1c2ccccc2-c2ccccc21)C(=O)N[C@H](CO)C(=O)O. The van der Waals surface area contributed by atoms with E-state index >= 15 is 0 Å². The van der Waals surface area contributed by atoms with Crippen LogP contribution in [0.4, 0.5) is 4.79 Å². The second-order valence-electron chi connectivity index (χ2n) is 7.52. The molecule has 3 rings (SSSR count). The highest BCUT2D eigenvalue weighted by atomic mass is 16.5. The quantitative estimate of drug-likeness (QED) is 0.487. The fraction of sp³-hybridized carbons (Fsp3) is 0.348. The van der Waals surface area contributed by atoms with Crippen LogP contribution in [-0.2, 0) is 14.3 Å². The van der Waals surface area contributed by atoms with Gasteiger partial charge in [0.05, 0.1) is 6.61 Å². The zero-order chi connectivity index (χ0) is 22.4. The van der Waals surface area contributed by atoms with Crippen molar-refractivity contribution >= 4 is 18.0 Å². The van der Waals surface area contributed by atoms with Gasteiger partial charge in [-0.05, 0) is 28.7 Å². The number of alkyl carbamates (subject to hydrolysis) is 1. The number of aliphatic hydroxyl groups is 1. The van der Waals surface area contributed by atoms with Crippen molar-refractivity contribution in [2.75, 3.05) is 19.8 Å². The monoisotopic (exact) mass is 426 g/mol. The number of hydrogen-bond donors (Lipinski definition) is 4. The van der Waals surface area contributed by atoms with Gasteiger partial charge in [0, 0.05) is 18.4 Å². The topological polar surface area (TPSA) is 125 Å². The first-order chi connectivity index (χ1) is 14.9. The van der Waals surface area contributed by atoms with Crippen LogP contribution in [0.5, 0.6) is 0 Å². The number of carboxylic acid groups (broad SMARTS) is 1. The number of aliphatic carboxylic acids is 1. The minimum Gasteiger partial charge on any atom is -0.480 e. The highest BCUT2D eigenvalue weighted by Crippen LogP contribution is 2.44. The number of hydrogen-bond acceptors (Lipinski definition) is 5. The molecule has 8 nitrogen and oxygen atoms in total. The molecule has 0 radical (unpaired) electrons. The Balaban J connectivity index is 1.47. The van der Waals surface area contributed by atoms with E-state index in [9.17, 15) is 14.4 Å². The summed E-state index contributed by atoms with van der Waals surface area (Å²) in [5, 5.41) is 22.7. The zero-order valence-electron chi connectivity index (χ0n) is 17.2. The number of carboxylic acids is 1. The molecule has 0 fully saturated rings. The van der Waals surface area contributed by atoms with Crippen LogP contribution in [0.25, 0.3) is 11.1 Å². The molecule has 8 heteroatoms. The molecule has 31 heavy (non-hydrogen) atoms. The number of nitrogens with one attached hydrogen (secondary N) is 2. The largest absolute Gasteiger partial charge is 0.480 e. The molecular weight excluding hydrogens is 400 g/mol. The summed E-state index contributed by atoms with van der Waals surface area (Å²) >= 11 is 0. The number of aliphatic hydroxyl groups excluding tert-OH is 1. The zero-order valence-corrected chi connectivity index (χ0v) is 17.2. The first-order valence-electron chi connectivity index (χ1n) is 10.1. The number of rotatable bonds is 9. The van der Waals surface area contributed by atoms with Gasteiger partial charge < -0.3 is 25.6 Å². The Kier molecular flexibility index (Phi) is 7.25. The molecule has 0 bridgehead atoms. The van der Waals surface area contributed by atoms with E-state index in [0.717, 1.165) is 22.3 Å². The molecule has 2 aromatic rings. The third-order valence-corrected chi connectivity index (χ3v) is 5.44. The van der Waals surface area contributed by atoms with Crippen molar-refractivity contribution in [2.45, 2.75) is 25.3 Å². The van der Waals surface area contributed by atoms with Crippen molar-refractivity contribution in [3.63, 3.8) is 0 Å². The molecule has 2 aromatic carbocycles. The number of carbonyl (C=O) groups is 3. The van der Waals surface area contributed by atoms with Crippen LogP contribution in [0.3, 0.4) is 0 Å². The lowest BCUT2D eigenvalue weighted by Crippen LogP contribution is -2.45. The maximum Gasteiger partial charge on any atom is 0.407 e. The summed E-state index contributed by atoms with van der Waals surface area (Å²) in [4.78, 5) is 35.0. The Hall–Kier alpha value is -3.39. The molecule has 2 atom stereocenters. The Labute approximate surface area is 180 Å². The third-order valence-electron chi connectivity index (χ3n) is 5.44. The molecule has 1 aliphatic rings. The standard InChI is InChI=1S/C23H26N2O6/c1-14(21(27)25-20(12-26)22(28)29)10-11-24-23(30)31-13-19-17-8-4-2-6-15(17)16-7-3-5-9-18(16)19/h2-9,14,19-20,26H,10-13H2,1H3,(H,24,30)(H,25,27)(H,28,29)/t14?,20-/m1/s1. The maximum absolute atomic E-state index is 12.1. The Morgan fingerprint density at radius 2 is 1.61 bits per heavy atom. The van der Waals surface area contributed by atoms with Crippen LogP contribution in [0.15, 0.2) is 48.5 Å². The summed E-state index contributed by atoms with van der Waals surface area (Å²) in [5.74, 6) is -2.38. The van der Waals surface area contributed by atoms with Crippen LogP contribution in [-0.4, -0.2) is 54.0 Å². The van der Waals surface area contributed by atoms with E-state index in [0.29, 0.717) is 6.42 Å². The molecule has 2 amide bonds. The van der Waals surface area contributed by atoms with Gasteiger partial charge in [0.15, 0.2) is 0 Å². The first kappa shape index (κ1) is 22.3. The normalized spacial score (nSPS) is 14.1. The molecule has 0 spiro atoms. The van der Waals surface area contributed by atoms with Crippen molar-refractivity contribution in [1.29, 1.82) is 0 Å². The van der Waals surface area contributed by atoms with Gasteiger partial charge >= 0.3 is 12.1 Å². The van der Waals surface area contributed by atoms with Crippen LogP contribution in [0, 0.1) is 5.92 Å². The minimum absolute atomic E-state index is 0.0331. The summed E-state index contributed by atoms with van der Waals surface area (Å²) in [6, 6.07) is 14.8. The molecule has 4 N–H and O–H groups in total. The van der Waals surface area contributed by atoms with Gasteiger partial charge in [-0.25, -0.2) is 9.59 Å². The summed E-state index contributed by atoms with van der Waals surface area (Å²) in [5.41, 5.74) is 4.54. The van der Waals surface area contributed by atoms with E-state index in [1.807, 2.05) is 36.4 Å². The van der Waals surface area contributed by atoms with Gasteiger partial charge in [-0.1, -0.05) is 55.5 Å². The third kappa shape index (κ3) is 5.21. The summed E-state index contributed by atoms with van der Waals surface area (Å²) < 4.78 is 5.43. The van der Waals surface area contributed by atoms with Crippen molar-refractivity contribution in [2.24, 2.45) is 5.92 Å². The average molecular weight is 426 g/mol. The lowest BCUT2D eigenvalue weighted by Gasteiger charge is -2.17. The molecule has 0 saturated heterocycles. The van der Waals surface area contributed by atoms with E-state index in [-0.39, 0.29) is 19.1 Å². The number of carbonyl (C=O) groups excluding carboxylic acids is 2. The lowest BCUT2D eigenvalue weighted by molar-refractivity contribution is -0.143. The van der Waals surface area contributed by atoms with E-state index < -0.39 is 36.5 Å². The number of benzene rings is 2. The van der Waals surface area contributed by atoms with Crippen molar-refractivity contribution in [3.8, 4) is 11.1 Å². The van der Waals surface area contributed by atoms with Crippen LogP contribution in [0.2, 0.25) is 0 Å². The van der Waals surface area contributed by atoms with E-state index in [2.05, 4.69) is 22.8 Å². The molecule has 1 unspecified atom stereocenters. The van der Waals surface area contributed by atoms with E-state index in [1.54, 1.807) is 6.92 Å². The number of ether oxygens (including phenoxy) is 1. The van der Waals surface area contributed by atoms with E-state index in [4.69, 9.17) is 14.9 Å². The molecule has 0 aromatic heterocycles. The predicted molar refractivity (Wildman–Crippen MR) is 114 cm³/mol. The van der Waals surface area contributed by atoms with Gasteiger partial charge in [-0.15, -0.1) is 0 Å². The number of amides is 2. The second kappa shape index (κ2) is 10.1. The molecule has 0 aliphatic heterocycles. The van der Waals surface area contributed by atoms with Crippen LogP contribution >= 0.6 is 0 Å². The average Bonchev–Trinajstić information content (AvgIpc) is 3.09. The summed E-state index contributed by atoms with van der Waals surface area (Å²) in [7, 11) is 0. The highest BCUT2D eigenvalue weighted by Gasteiger charge is 2.29. The molecular formula is C23H26N2O6. The molecule has 164 valence electrons. The smallest absolute Gasteiger partial charge is 0.407 e. The minimum atomic E-state index is -1.34. The van der Waals surface area contributed by atoms with Gasteiger partial charge in [0.25, 0.3) is 0 Å². The van der Waals surface area contributed by atoms with Crippen LogP contribution in [0.1, 0.15) is 30.4 Å². The fourth-order valence-corrected chi connectivity index (χ4v) is 3.67. The van der Waals surface area contributed by atoms with Gasteiger partial charge in [0.1, 0.15) is 12.6 Å². The van der Waals surface area contributed by atoms with Crippen molar-refractivity contribution in [1.82, 2.24) is 10.6 Å². The Morgan fingerprint density at radius 3 is 2.16 bits per heavy atom. The van der Waals surface area contributed by atoms with Crippen LogP contribution < -0.4 is 10.6 Å². The van der Waals surface area contributed by atoms with Crippen molar-refractivity contribution in [3.05, 3.63) is 59.7 Å². The molecule has 0 saturated carbocycles. The van der Waals surface area contributed by atoms with E-state index in [1.165, 1.54) is 0 Å². The maximum atomic E-state index is 12.1. The Bertz CT molecular complexity index is 915. The van der Waals surface area contributed by atoms with Gasteiger partial charge in [-0.2, -0.15) is 0 Å².